The van der Waals surface area contributed by atoms with Crippen molar-refractivity contribution in [1.82, 2.24) is 19.6 Å². The number of nitrogens with zero attached hydrogens (tertiary/aromatic N) is 4. The monoisotopic (exact) mass is 403 g/mol. The number of nitrogens with one attached hydrogen (secondary N) is 1. The molecule has 1 aliphatic rings. The number of hydrogen-bond donors (Lipinski definition) is 1. The van der Waals surface area contributed by atoms with Crippen molar-refractivity contribution < 1.29 is 18.0 Å². The van der Waals surface area contributed by atoms with Gasteiger partial charge in [0.1, 0.15) is 6.54 Å². The topological polar surface area (TPSA) is 64.7 Å². The predicted molar refractivity (Wildman–Crippen MR) is 100 cm³/mol. The number of aryl methyl sites for hydroxylation is 1. The van der Waals surface area contributed by atoms with Gasteiger partial charge < -0.3 is 5.32 Å². The Kier molecular flexibility index (Phi) is 4.89. The molecule has 0 unspecified atom stereocenters. The van der Waals surface area contributed by atoms with Crippen molar-refractivity contribution in [2.45, 2.75) is 44.9 Å². The Morgan fingerprint density at radius 3 is 2.72 bits per heavy atom. The Balaban J connectivity index is 1.42. The molecule has 2 heterocycles. The van der Waals surface area contributed by atoms with Gasteiger partial charge in [-0.3, -0.25) is 14.2 Å². The SMILES string of the molecule is Cc1ccccc1Cn1cc(NC(=O)Cn2nc(C(F)(F)F)cc2C2CC2)cn1. The van der Waals surface area contributed by atoms with Gasteiger partial charge in [0.25, 0.3) is 0 Å². The van der Waals surface area contributed by atoms with Crippen LogP contribution in [0.25, 0.3) is 0 Å². The van der Waals surface area contributed by atoms with E-state index in [1.54, 1.807) is 10.9 Å². The quantitative estimate of drug-likeness (QED) is 0.677. The molecule has 0 spiro atoms. The van der Waals surface area contributed by atoms with Crippen molar-refractivity contribution in [3.63, 3.8) is 0 Å². The number of rotatable bonds is 6. The van der Waals surface area contributed by atoms with Crippen LogP contribution < -0.4 is 5.32 Å². The van der Waals surface area contributed by atoms with Crippen molar-refractivity contribution in [3.05, 3.63) is 65.2 Å². The summed E-state index contributed by atoms with van der Waals surface area (Å²) in [5.74, 6) is -0.401. The first kappa shape index (κ1) is 19.2. The summed E-state index contributed by atoms with van der Waals surface area (Å²) in [5.41, 5.74) is 2.24. The highest BCUT2D eigenvalue weighted by molar-refractivity contribution is 5.90. The first-order valence-electron chi connectivity index (χ1n) is 9.31. The molecule has 1 aliphatic carbocycles. The van der Waals surface area contributed by atoms with Crippen molar-refractivity contribution in [2.24, 2.45) is 0 Å². The second-order valence-corrected chi connectivity index (χ2v) is 7.29. The molecule has 2 aromatic heterocycles. The maximum atomic E-state index is 13.0. The third-order valence-corrected chi connectivity index (χ3v) is 4.90. The lowest BCUT2D eigenvalue weighted by atomic mass is 10.1. The third-order valence-electron chi connectivity index (χ3n) is 4.90. The zero-order valence-corrected chi connectivity index (χ0v) is 15.8. The first-order valence-corrected chi connectivity index (χ1v) is 9.31. The van der Waals surface area contributed by atoms with Crippen molar-refractivity contribution in [1.29, 1.82) is 0 Å². The maximum Gasteiger partial charge on any atom is 0.435 e. The van der Waals surface area contributed by atoms with E-state index >= 15 is 0 Å². The van der Waals surface area contributed by atoms with Gasteiger partial charge in [-0.05, 0) is 37.0 Å². The maximum absolute atomic E-state index is 13.0. The fourth-order valence-electron chi connectivity index (χ4n) is 3.22. The number of anilines is 1. The molecule has 3 aromatic rings. The van der Waals surface area contributed by atoms with Crippen molar-refractivity contribution >= 4 is 11.6 Å². The minimum absolute atomic E-state index is 0.0447. The molecule has 1 aromatic carbocycles. The number of hydrogen-bond acceptors (Lipinski definition) is 3. The zero-order valence-electron chi connectivity index (χ0n) is 15.8. The highest BCUT2D eigenvalue weighted by Gasteiger charge is 2.38. The second kappa shape index (κ2) is 7.38. The van der Waals surface area contributed by atoms with Gasteiger partial charge in [-0.25, -0.2) is 0 Å². The molecule has 9 heteroatoms. The molecule has 29 heavy (non-hydrogen) atoms. The minimum Gasteiger partial charge on any atom is -0.322 e. The molecule has 4 rings (SSSR count). The van der Waals surface area contributed by atoms with E-state index in [0.717, 1.165) is 34.7 Å². The van der Waals surface area contributed by atoms with E-state index in [4.69, 9.17) is 0 Å². The molecule has 0 saturated heterocycles. The smallest absolute Gasteiger partial charge is 0.322 e. The van der Waals surface area contributed by atoms with Gasteiger partial charge in [0.2, 0.25) is 5.91 Å². The first-order chi connectivity index (χ1) is 13.8. The molecule has 0 aliphatic heterocycles. The van der Waals surface area contributed by atoms with Gasteiger partial charge in [-0.15, -0.1) is 0 Å². The van der Waals surface area contributed by atoms with Crippen LogP contribution in [0, 0.1) is 6.92 Å². The Labute approximate surface area is 165 Å². The normalized spacial score (nSPS) is 14.2. The van der Waals surface area contributed by atoms with Gasteiger partial charge in [-0.2, -0.15) is 23.4 Å². The summed E-state index contributed by atoms with van der Waals surface area (Å²) in [5, 5.41) is 10.5. The summed E-state index contributed by atoms with van der Waals surface area (Å²) in [7, 11) is 0. The Morgan fingerprint density at radius 1 is 1.28 bits per heavy atom. The summed E-state index contributed by atoms with van der Waals surface area (Å²) >= 11 is 0. The summed E-state index contributed by atoms with van der Waals surface area (Å²) in [6.45, 7) is 2.30. The van der Waals surface area contributed by atoms with E-state index in [9.17, 15) is 18.0 Å². The van der Waals surface area contributed by atoms with Crippen LogP contribution in [0.5, 0.6) is 0 Å². The Hall–Kier alpha value is -3.10. The van der Waals surface area contributed by atoms with Crippen LogP contribution in [0.3, 0.4) is 0 Å². The van der Waals surface area contributed by atoms with Crippen LogP contribution in [0.2, 0.25) is 0 Å². The molecule has 1 N–H and O–H groups in total. The average molecular weight is 403 g/mol. The lowest BCUT2D eigenvalue weighted by Gasteiger charge is -2.07. The highest BCUT2D eigenvalue weighted by Crippen LogP contribution is 2.42. The van der Waals surface area contributed by atoms with E-state index in [2.05, 4.69) is 15.5 Å². The highest BCUT2D eigenvalue weighted by atomic mass is 19.4. The minimum atomic E-state index is -4.53. The number of amides is 1. The Morgan fingerprint density at radius 2 is 2.03 bits per heavy atom. The lowest BCUT2D eigenvalue weighted by molar-refractivity contribution is -0.141. The number of carbonyl (C=O) groups excluding carboxylic acids is 1. The summed E-state index contributed by atoms with van der Waals surface area (Å²) in [6, 6.07) is 8.97. The molecule has 6 nitrogen and oxygen atoms in total. The molecule has 0 radical (unpaired) electrons. The number of aromatic nitrogens is 4. The molecule has 1 saturated carbocycles. The predicted octanol–water partition coefficient (Wildman–Crippen LogP) is 3.97. The van der Waals surface area contributed by atoms with Gasteiger partial charge in [-0.1, -0.05) is 24.3 Å². The van der Waals surface area contributed by atoms with Gasteiger partial charge in [0.05, 0.1) is 18.4 Å². The van der Waals surface area contributed by atoms with E-state index in [1.165, 1.54) is 6.20 Å². The standard InChI is InChI=1S/C20H20F3N5O/c1-13-4-2-3-5-15(13)10-27-11-16(9-24-27)25-19(29)12-28-17(14-6-7-14)8-18(26-28)20(21,22)23/h2-5,8-9,11,14H,6-7,10,12H2,1H3,(H,25,29). The average Bonchev–Trinajstić information content (AvgIpc) is 3.25. The number of benzene rings is 1. The molecule has 0 atom stereocenters. The second-order valence-electron chi connectivity index (χ2n) is 7.29. The summed E-state index contributed by atoms with van der Waals surface area (Å²) < 4.78 is 41.8. The van der Waals surface area contributed by atoms with Crippen LogP contribution in [0.15, 0.2) is 42.7 Å². The van der Waals surface area contributed by atoms with Gasteiger partial charge in [0.15, 0.2) is 5.69 Å². The van der Waals surface area contributed by atoms with Crippen LogP contribution >= 0.6 is 0 Å². The van der Waals surface area contributed by atoms with E-state index in [1.807, 2.05) is 31.2 Å². The molecule has 152 valence electrons. The molecule has 1 fully saturated rings. The molecule has 0 bridgehead atoms. The zero-order chi connectivity index (χ0) is 20.6. The molecule has 1 amide bonds. The fraction of sp³-hybridized carbons (Fsp3) is 0.350. The van der Waals surface area contributed by atoms with Gasteiger partial charge >= 0.3 is 6.18 Å². The van der Waals surface area contributed by atoms with E-state index in [0.29, 0.717) is 17.9 Å². The van der Waals surface area contributed by atoms with Crippen LogP contribution in [-0.2, 0) is 24.1 Å². The number of halogens is 3. The van der Waals surface area contributed by atoms with Crippen molar-refractivity contribution in [2.75, 3.05) is 5.32 Å². The fourth-order valence-corrected chi connectivity index (χ4v) is 3.22. The van der Waals surface area contributed by atoms with Gasteiger partial charge in [0, 0.05) is 17.8 Å². The summed E-state index contributed by atoms with van der Waals surface area (Å²) in [4.78, 5) is 12.4. The largest absolute Gasteiger partial charge is 0.435 e. The van der Waals surface area contributed by atoms with E-state index in [-0.39, 0.29) is 12.5 Å². The van der Waals surface area contributed by atoms with Crippen LogP contribution in [-0.4, -0.2) is 25.5 Å². The lowest BCUT2D eigenvalue weighted by Crippen LogP contribution is -2.21. The summed E-state index contributed by atoms with van der Waals surface area (Å²) in [6.07, 6.45) is 0.313. The van der Waals surface area contributed by atoms with E-state index < -0.39 is 17.8 Å². The third kappa shape index (κ3) is 4.49. The molecular weight excluding hydrogens is 383 g/mol. The van der Waals surface area contributed by atoms with Crippen LogP contribution in [0.4, 0.5) is 18.9 Å². The molecular formula is C20H20F3N5O. The van der Waals surface area contributed by atoms with Crippen molar-refractivity contribution in [3.8, 4) is 0 Å². The number of alkyl halides is 3. The Bertz CT molecular complexity index is 1030. The number of carbonyl (C=O) groups is 1. The van der Waals surface area contributed by atoms with Crippen LogP contribution in [0.1, 0.15) is 41.3 Å².